The van der Waals surface area contributed by atoms with Crippen LogP contribution in [0.3, 0.4) is 0 Å². The van der Waals surface area contributed by atoms with Crippen molar-refractivity contribution in [3.8, 4) is 17.1 Å². The molecule has 0 radical (unpaired) electrons. The van der Waals surface area contributed by atoms with Crippen molar-refractivity contribution in [2.45, 2.75) is 25.5 Å². The third kappa shape index (κ3) is 4.64. The van der Waals surface area contributed by atoms with Gasteiger partial charge < -0.3 is 19.5 Å². The highest BCUT2D eigenvalue weighted by Gasteiger charge is 2.36. The molecule has 0 saturated heterocycles. The minimum Gasteiger partial charge on any atom is -0.478 e. The van der Waals surface area contributed by atoms with Crippen molar-refractivity contribution in [1.82, 2.24) is 9.97 Å². The van der Waals surface area contributed by atoms with Crippen LogP contribution >= 0.6 is 23.2 Å². The van der Waals surface area contributed by atoms with E-state index in [2.05, 4.69) is 15.3 Å². The Bertz CT molecular complexity index is 1270. The van der Waals surface area contributed by atoms with Gasteiger partial charge >= 0.3 is 11.9 Å². The number of carbonyl (C=O) groups excluding carboxylic acids is 2. The predicted molar refractivity (Wildman–Crippen MR) is 127 cm³/mol. The number of benzene rings is 2. The first-order valence-corrected chi connectivity index (χ1v) is 11.1. The molecule has 0 saturated carbocycles. The molecule has 2 aromatic carbocycles. The molecule has 0 fully saturated rings. The van der Waals surface area contributed by atoms with Crippen LogP contribution in [0.4, 0.5) is 5.82 Å². The van der Waals surface area contributed by atoms with Crippen molar-refractivity contribution in [2.24, 2.45) is 0 Å². The number of carbonyl (C=O) groups is 2. The first kappa shape index (κ1) is 23.8. The third-order valence-corrected chi connectivity index (χ3v) is 5.96. The maximum Gasteiger partial charge on any atom is 0.359 e. The van der Waals surface area contributed by atoms with E-state index in [1.54, 1.807) is 18.2 Å². The zero-order valence-corrected chi connectivity index (χ0v) is 20.1. The summed E-state index contributed by atoms with van der Waals surface area (Å²) in [5.74, 6) is -0.788. The van der Waals surface area contributed by atoms with E-state index in [1.807, 2.05) is 24.3 Å². The Morgan fingerprint density at radius 2 is 1.85 bits per heavy atom. The number of nitrogens with zero attached hydrogens (tertiary/aromatic N) is 2. The molecule has 1 heterocycles. The van der Waals surface area contributed by atoms with Gasteiger partial charge in [-0.1, -0.05) is 47.5 Å². The van der Waals surface area contributed by atoms with E-state index in [0.29, 0.717) is 17.0 Å². The highest BCUT2D eigenvalue weighted by atomic mass is 35.5. The van der Waals surface area contributed by atoms with Crippen LogP contribution in [-0.2, 0) is 20.7 Å². The van der Waals surface area contributed by atoms with Crippen LogP contribution in [0, 0.1) is 0 Å². The third-order valence-electron chi connectivity index (χ3n) is 5.41. The van der Waals surface area contributed by atoms with Crippen molar-refractivity contribution in [3.05, 3.63) is 69.3 Å². The second-order valence-corrected chi connectivity index (χ2v) is 8.41. The number of esters is 2. The molecule has 10 heteroatoms. The Balaban J connectivity index is 1.82. The number of methoxy groups -OCH3 is 2. The van der Waals surface area contributed by atoms with Gasteiger partial charge in [0.15, 0.2) is 11.5 Å². The molecule has 0 bridgehead atoms. The molecule has 0 spiro atoms. The summed E-state index contributed by atoms with van der Waals surface area (Å²) in [7, 11) is 2.69. The fourth-order valence-electron chi connectivity index (χ4n) is 3.96. The second-order valence-electron chi connectivity index (χ2n) is 7.57. The van der Waals surface area contributed by atoms with Gasteiger partial charge in [-0.25, -0.2) is 14.8 Å². The number of aromatic nitrogens is 2. The Kier molecular flexibility index (Phi) is 6.90. The van der Waals surface area contributed by atoms with E-state index < -0.39 is 24.1 Å². The van der Waals surface area contributed by atoms with Gasteiger partial charge in [0.1, 0.15) is 11.8 Å². The maximum absolute atomic E-state index is 12.7. The lowest BCUT2D eigenvalue weighted by Crippen LogP contribution is -2.27. The van der Waals surface area contributed by atoms with Crippen LogP contribution < -0.4 is 10.1 Å². The fraction of sp³-hybridized carbons (Fsp3) is 0.250. The Labute approximate surface area is 206 Å². The number of anilines is 1. The van der Waals surface area contributed by atoms with Crippen molar-refractivity contribution in [3.63, 3.8) is 0 Å². The molecule has 176 valence electrons. The van der Waals surface area contributed by atoms with Gasteiger partial charge in [-0.2, -0.15) is 0 Å². The van der Waals surface area contributed by atoms with Gasteiger partial charge in [0.2, 0.25) is 0 Å². The summed E-state index contributed by atoms with van der Waals surface area (Å²) in [6, 6.07) is 12.1. The van der Waals surface area contributed by atoms with Gasteiger partial charge in [-0.3, -0.25) is 4.79 Å². The van der Waals surface area contributed by atoms with E-state index in [9.17, 15) is 9.59 Å². The molecule has 2 atom stereocenters. The molecule has 34 heavy (non-hydrogen) atoms. The maximum atomic E-state index is 12.7. The normalized spacial score (nSPS) is 16.5. The minimum absolute atomic E-state index is 0.0645. The largest absolute Gasteiger partial charge is 0.478 e. The molecule has 1 aliphatic carbocycles. The van der Waals surface area contributed by atoms with Crippen molar-refractivity contribution >= 4 is 41.0 Å². The van der Waals surface area contributed by atoms with E-state index in [0.717, 1.165) is 11.1 Å². The molecule has 2 unspecified atom stereocenters. The fourth-order valence-corrected chi connectivity index (χ4v) is 4.46. The second kappa shape index (κ2) is 9.87. The summed E-state index contributed by atoms with van der Waals surface area (Å²) in [6.07, 6.45) is 0.0549. The summed E-state index contributed by atoms with van der Waals surface area (Å²) in [5.41, 5.74) is 2.54. The van der Waals surface area contributed by atoms with Gasteiger partial charge in [0.05, 0.1) is 25.3 Å². The van der Waals surface area contributed by atoms with E-state index in [-0.39, 0.29) is 28.1 Å². The summed E-state index contributed by atoms with van der Waals surface area (Å²) in [5, 5.41) is 3.98. The van der Waals surface area contributed by atoms with Crippen LogP contribution in [0.1, 0.15) is 34.6 Å². The quantitative estimate of drug-likeness (QED) is 0.476. The van der Waals surface area contributed by atoms with Gasteiger partial charge in [-0.15, -0.1) is 0 Å². The highest BCUT2D eigenvalue weighted by molar-refractivity contribution is 6.36. The smallest absolute Gasteiger partial charge is 0.359 e. The van der Waals surface area contributed by atoms with Crippen LogP contribution in [0.2, 0.25) is 10.0 Å². The average molecular weight is 502 g/mol. The molecule has 8 nitrogen and oxygen atoms in total. The summed E-state index contributed by atoms with van der Waals surface area (Å²) >= 11 is 12.4. The number of ether oxygens (including phenoxy) is 3. The lowest BCUT2D eigenvalue weighted by molar-refractivity contribution is -0.146. The summed E-state index contributed by atoms with van der Waals surface area (Å²) in [6.45, 7) is 1.36. The van der Waals surface area contributed by atoms with Gasteiger partial charge in [-0.05, 0) is 29.3 Å². The number of rotatable bonds is 6. The van der Waals surface area contributed by atoms with E-state index >= 15 is 0 Å². The Morgan fingerprint density at radius 1 is 1.09 bits per heavy atom. The lowest BCUT2D eigenvalue weighted by Gasteiger charge is -2.23. The Hall–Kier alpha value is -3.36. The predicted octanol–water partition coefficient (Wildman–Crippen LogP) is 4.89. The Morgan fingerprint density at radius 3 is 2.53 bits per heavy atom. The minimum atomic E-state index is -0.706. The molecular weight excluding hydrogens is 481 g/mol. The number of nitrogens with one attached hydrogen (secondary N) is 1. The molecular formula is C24H21Cl2N3O5. The molecule has 0 amide bonds. The van der Waals surface area contributed by atoms with Crippen molar-refractivity contribution in [1.29, 1.82) is 0 Å². The molecule has 1 N–H and O–H groups in total. The standard InChI is InChI=1S/C24H21Cl2N3O5/c1-12(30)34-18-10-13-6-4-5-7-15(13)19(18)27-22-23(32-2)29-20(21(28-22)24(31)33-3)16-9-8-14(25)11-17(16)26/h4-9,11,18-19H,10H2,1-3H3,(H,27,28). The summed E-state index contributed by atoms with van der Waals surface area (Å²) < 4.78 is 16.0. The van der Waals surface area contributed by atoms with Crippen LogP contribution in [0.25, 0.3) is 11.3 Å². The van der Waals surface area contributed by atoms with Gasteiger partial charge in [0, 0.05) is 23.9 Å². The number of halogens is 2. The monoisotopic (exact) mass is 501 g/mol. The first-order valence-electron chi connectivity index (χ1n) is 10.3. The van der Waals surface area contributed by atoms with Crippen LogP contribution in [0.5, 0.6) is 5.88 Å². The summed E-state index contributed by atoms with van der Waals surface area (Å²) in [4.78, 5) is 33.4. The molecule has 3 aromatic rings. The molecule has 4 rings (SSSR count). The molecule has 1 aromatic heterocycles. The first-order chi connectivity index (χ1) is 16.3. The average Bonchev–Trinajstić information content (AvgIpc) is 3.14. The topological polar surface area (TPSA) is 99.6 Å². The van der Waals surface area contributed by atoms with E-state index in [4.69, 9.17) is 37.4 Å². The zero-order valence-electron chi connectivity index (χ0n) is 18.6. The van der Waals surface area contributed by atoms with Crippen molar-refractivity contribution in [2.75, 3.05) is 19.5 Å². The highest BCUT2D eigenvalue weighted by Crippen LogP contribution is 2.39. The lowest BCUT2D eigenvalue weighted by atomic mass is 10.1. The van der Waals surface area contributed by atoms with E-state index in [1.165, 1.54) is 21.1 Å². The molecule has 1 aliphatic rings. The van der Waals surface area contributed by atoms with Gasteiger partial charge in [0.25, 0.3) is 5.88 Å². The number of fused-ring (bicyclic) bond motifs is 1. The SMILES string of the molecule is COC(=O)c1nc(NC2c3ccccc3CC2OC(C)=O)c(OC)nc1-c1ccc(Cl)cc1Cl. The van der Waals surface area contributed by atoms with Crippen LogP contribution in [0.15, 0.2) is 42.5 Å². The number of hydrogen-bond acceptors (Lipinski definition) is 8. The van der Waals surface area contributed by atoms with Crippen LogP contribution in [-0.4, -0.2) is 42.2 Å². The number of hydrogen-bond donors (Lipinski definition) is 1. The van der Waals surface area contributed by atoms with Crippen molar-refractivity contribution < 1.29 is 23.8 Å². The zero-order chi connectivity index (χ0) is 24.4. The molecule has 0 aliphatic heterocycles.